The lowest BCUT2D eigenvalue weighted by molar-refractivity contribution is -0.0140. The van der Waals surface area contributed by atoms with Gasteiger partial charge in [0.05, 0.1) is 0 Å². The van der Waals surface area contributed by atoms with Gasteiger partial charge in [-0.2, -0.15) is 0 Å². The van der Waals surface area contributed by atoms with Gasteiger partial charge in [-0.1, -0.05) is 13.3 Å². The fourth-order valence-corrected chi connectivity index (χ4v) is 4.20. The van der Waals surface area contributed by atoms with Crippen LogP contribution in [0.25, 0.3) is 0 Å². The molecule has 0 unspecified atom stereocenters. The highest BCUT2D eigenvalue weighted by atomic mass is 16.5. The van der Waals surface area contributed by atoms with Gasteiger partial charge in [-0.3, -0.25) is 0 Å². The largest absolute Gasteiger partial charge is 0.508 e. The molecule has 0 saturated heterocycles. The Hall–Kier alpha value is -1.18. The summed E-state index contributed by atoms with van der Waals surface area (Å²) < 4.78 is 6.23. The van der Waals surface area contributed by atoms with Crippen molar-refractivity contribution in [3.63, 3.8) is 0 Å². The molecule has 104 valence electrons. The summed E-state index contributed by atoms with van der Waals surface area (Å²) in [6.45, 7) is 8.84. The van der Waals surface area contributed by atoms with Crippen LogP contribution in [0.3, 0.4) is 0 Å². The second-order valence-corrected chi connectivity index (χ2v) is 7.01. The Morgan fingerprint density at radius 1 is 1.26 bits per heavy atom. The lowest BCUT2D eigenvalue weighted by Gasteiger charge is -2.49. The van der Waals surface area contributed by atoms with E-state index in [9.17, 15) is 5.11 Å². The number of hydrogen-bond donors (Lipinski definition) is 1. The van der Waals surface area contributed by atoms with Gasteiger partial charge in [0, 0.05) is 17.5 Å². The molecule has 19 heavy (non-hydrogen) atoms. The minimum absolute atomic E-state index is 0.127. The van der Waals surface area contributed by atoms with E-state index in [0.29, 0.717) is 17.6 Å². The van der Waals surface area contributed by atoms with Crippen LogP contribution in [0.4, 0.5) is 0 Å². The molecule has 1 N–H and O–H groups in total. The molecule has 1 aromatic rings. The Balaban J connectivity index is 2.13. The van der Waals surface area contributed by atoms with E-state index in [2.05, 4.69) is 27.7 Å². The normalized spacial score (nSPS) is 32.1. The number of aromatic hydroxyl groups is 1. The smallest absolute Gasteiger partial charge is 0.127 e. The van der Waals surface area contributed by atoms with Crippen LogP contribution in [-0.2, 0) is 0 Å². The fraction of sp³-hybridized carbons (Fsp3) is 0.647. The zero-order valence-corrected chi connectivity index (χ0v) is 12.4. The molecule has 3 rings (SSSR count). The molecule has 2 heteroatoms. The maximum Gasteiger partial charge on any atom is 0.127 e. The summed E-state index contributed by atoms with van der Waals surface area (Å²) in [6.07, 6.45) is 3.80. The van der Waals surface area contributed by atoms with Crippen molar-refractivity contribution in [3.8, 4) is 11.5 Å². The first kappa shape index (κ1) is 12.8. The predicted molar refractivity (Wildman–Crippen MR) is 76.8 cm³/mol. The molecule has 1 aliphatic heterocycles. The van der Waals surface area contributed by atoms with Crippen LogP contribution in [0, 0.1) is 18.8 Å². The van der Waals surface area contributed by atoms with Crippen molar-refractivity contribution < 1.29 is 9.84 Å². The quantitative estimate of drug-likeness (QED) is 0.749. The monoisotopic (exact) mass is 260 g/mol. The molecule has 1 aromatic carbocycles. The van der Waals surface area contributed by atoms with Crippen molar-refractivity contribution in [1.29, 1.82) is 0 Å². The molecule has 2 nitrogen and oxygen atoms in total. The van der Waals surface area contributed by atoms with Crippen LogP contribution < -0.4 is 4.74 Å². The maximum absolute atomic E-state index is 9.81. The molecule has 0 spiro atoms. The maximum atomic E-state index is 9.81. The van der Waals surface area contributed by atoms with Crippen molar-refractivity contribution in [2.75, 3.05) is 0 Å². The number of ether oxygens (including phenoxy) is 1. The molecule has 1 heterocycles. The van der Waals surface area contributed by atoms with Crippen LogP contribution in [0.2, 0.25) is 0 Å². The van der Waals surface area contributed by atoms with Gasteiger partial charge in [0.25, 0.3) is 0 Å². The Morgan fingerprint density at radius 3 is 2.74 bits per heavy atom. The molecule has 1 fully saturated rings. The molecule has 0 bridgehead atoms. The van der Waals surface area contributed by atoms with Crippen molar-refractivity contribution >= 4 is 0 Å². The number of benzene rings is 1. The van der Waals surface area contributed by atoms with Crippen molar-refractivity contribution in [3.05, 3.63) is 23.3 Å². The third-order valence-corrected chi connectivity index (χ3v) is 5.08. The van der Waals surface area contributed by atoms with Crippen LogP contribution in [-0.4, -0.2) is 10.7 Å². The van der Waals surface area contributed by atoms with Gasteiger partial charge in [0.1, 0.15) is 17.1 Å². The van der Waals surface area contributed by atoms with Gasteiger partial charge in [-0.25, -0.2) is 0 Å². The standard InChI is InChI=1S/C17H24O2/c1-10-5-6-14-13(7-10)16-11(2)8-12(18)9-15(16)19-17(14,3)4/h8-10,13-14,18H,5-7H2,1-4H3/t10-,13+,14-/m1/s1. The van der Waals surface area contributed by atoms with E-state index < -0.39 is 0 Å². The molecule has 0 amide bonds. The lowest BCUT2D eigenvalue weighted by atomic mass is 9.64. The molecule has 0 aromatic heterocycles. The summed E-state index contributed by atoms with van der Waals surface area (Å²) in [7, 11) is 0. The summed E-state index contributed by atoms with van der Waals surface area (Å²) in [5, 5.41) is 9.81. The molecule has 0 radical (unpaired) electrons. The lowest BCUT2D eigenvalue weighted by Crippen LogP contribution is -2.46. The highest BCUT2D eigenvalue weighted by Crippen LogP contribution is 2.54. The number of hydrogen-bond acceptors (Lipinski definition) is 2. The van der Waals surface area contributed by atoms with Gasteiger partial charge in [0.2, 0.25) is 0 Å². The third kappa shape index (κ3) is 2.01. The predicted octanol–water partition coefficient (Wildman–Crippen LogP) is 4.39. The molecular formula is C17H24O2. The molecular weight excluding hydrogens is 236 g/mol. The first-order valence-electron chi connectivity index (χ1n) is 7.41. The van der Waals surface area contributed by atoms with Gasteiger partial charge < -0.3 is 9.84 Å². The van der Waals surface area contributed by atoms with Crippen molar-refractivity contribution in [2.45, 2.75) is 58.5 Å². The van der Waals surface area contributed by atoms with Gasteiger partial charge in [-0.15, -0.1) is 0 Å². The molecule has 1 aliphatic carbocycles. The summed E-state index contributed by atoms with van der Waals surface area (Å²) in [5.41, 5.74) is 2.39. The van der Waals surface area contributed by atoms with Crippen LogP contribution in [0.1, 0.15) is 57.1 Å². The van der Waals surface area contributed by atoms with E-state index in [0.717, 1.165) is 11.7 Å². The second-order valence-electron chi connectivity index (χ2n) is 7.01. The Bertz CT molecular complexity index is 504. The number of phenols is 1. The zero-order valence-electron chi connectivity index (χ0n) is 12.4. The fourth-order valence-electron chi connectivity index (χ4n) is 4.20. The first-order chi connectivity index (χ1) is 8.88. The number of phenolic OH excluding ortho intramolecular Hbond substituents is 1. The van der Waals surface area contributed by atoms with Gasteiger partial charge in [0.15, 0.2) is 0 Å². The van der Waals surface area contributed by atoms with Crippen molar-refractivity contribution in [2.24, 2.45) is 11.8 Å². The minimum Gasteiger partial charge on any atom is -0.508 e. The minimum atomic E-state index is -0.127. The van der Waals surface area contributed by atoms with Crippen LogP contribution >= 0.6 is 0 Å². The van der Waals surface area contributed by atoms with E-state index in [4.69, 9.17) is 4.74 Å². The number of aryl methyl sites for hydroxylation is 1. The van der Waals surface area contributed by atoms with E-state index >= 15 is 0 Å². The van der Waals surface area contributed by atoms with E-state index in [1.54, 1.807) is 6.07 Å². The average Bonchev–Trinajstić information content (AvgIpc) is 2.25. The summed E-state index contributed by atoms with van der Waals surface area (Å²) in [5.74, 6) is 3.19. The third-order valence-electron chi connectivity index (χ3n) is 5.08. The average molecular weight is 260 g/mol. The topological polar surface area (TPSA) is 29.5 Å². The highest BCUT2D eigenvalue weighted by Gasteiger charge is 2.46. The van der Waals surface area contributed by atoms with Gasteiger partial charge >= 0.3 is 0 Å². The van der Waals surface area contributed by atoms with E-state index in [1.165, 1.54) is 30.4 Å². The Morgan fingerprint density at radius 2 is 2.00 bits per heavy atom. The Kier molecular flexibility index (Phi) is 2.81. The zero-order chi connectivity index (χ0) is 13.8. The van der Waals surface area contributed by atoms with Crippen LogP contribution in [0.15, 0.2) is 12.1 Å². The van der Waals surface area contributed by atoms with E-state index in [1.807, 2.05) is 6.07 Å². The van der Waals surface area contributed by atoms with Crippen molar-refractivity contribution in [1.82, 2.24) is 0 Å². The summed E-state index contributed by atoms with van der Waals surface area (Å²) in [6, 6.07) is 3.66. The van der Waals surface area contributed by atoms with E-state index in [-0.39, 0.29) is 5.60 Å². The SMILES string of the molecule is Cc1cc(O)cc2c1[C@H]1C[C@H](C)CC[C@H]1C(C)(C)O2. The van der Waals surface area contributed by atoms with Crippen LogP contribution in [0.5, 0.6) is 11.5 Å². The Labute approximate surface area is 115 Å². The summed E-state index contributed by atoms with van der Waals surface area (Å²) >= 11 is 0. The van der Waals surface area contributed by atoms with Gasteiger partial charge in [-0.05, 0) is 57.1 Å². The number of fused-ring (bicyclic) bond motifs is 3. The second kappa shape index (κ2) is 4.16. The number of rotatable bonds is 0. The highest BCUT2D eigenvalue weighted by molar-refractivity contribution is 5.50. The first-order valence-corrected chi connectivity index (χ1v) is 7.41. The molecule has 3 atom stereocenters. The summed E-state index contributed by atoms with van der Waals surface area (Å²) in [4.78, 5) is 0. The molecule has 2 aliphatic rings. The molecule has 1 saturated carbocycles.